The van der Waals surface area contributed by atoms with E-state index in [1.165, 1.54) is 29.7 Å². The first-order valence-electron chi connectivity index (χ1n) is 6.68. The molecule has 0 spiro atoms. The fraction of sp³-hybridized carbons (Fsp3) is 0.615. The number of rotatable bonds is 6. The number of nitrogens with one attached hydrogen (secondary N) is 1. The highest BCUT2D eigenvalue weighted by atomic mass is 32.2. The number of thiophene rings is 1. The predicted octanol–water partition coefficient (Wildman–Crippen LogP) is 0.313. The number of hydrogen-bond acceptors (Lipinski definition) is 5. The van der Waals surface area contributed by atoms with Crippen molar-refractivity contribution in [1.29, 1.82) is 0 Å². The molecular weight excluding hydrogens is 312 g/mol. The molecule has 1 aliphatic rings. The van der Waals surface area contributed by atoms with Crippen LogP contribution in [0.4, 0.5) is 0 Å². The number of ether oxygens (including phenoxy) is 1. The number of hydrogen-bond donors (Lipinski definition) is 1. The van der Waals surface area contributed by atoms with Crippen molar-refractivity contribution < 1.29 is 17.9 Å². The van der Waals surface area contributed by atoms with Crippen LogP contribution in [0, 0.1) is 5.92 Å². The summed E-state index contributed by atoms with van der Waals surface area (Å²) in [6, 6.07) is 3.56. The first-order chi connectivity index (χ1) is 9.88. The molecule has 0 radical (unpaired) electrons. The Kier molecular flexibility index (Phi) is 5.37. The minimum Gasteiger partial charge on any atom is -0.379 e. The Morgan fingerprint density at radius 1 is 1.48 bits per heavy atom. The summed E-state index contributed by atoms with van der Waals surface area (Å²) < 4.78 is 30.4. The zero-order valence-electron chi connectivity index (χ0n) is 12.1. The van der Waals surface area contributed by atoms with Crippen LogP contribution in [-0.2, 0) is 26.0 Å². The van der Waals surface area contributed by atoms with Gasteiger partial charge in [-0.15, -0.1) is 11.3 Å². The highest BCUT2D eigenvalue weighted by Gasteiger charge is 2.34. The number of carbonyl (C=O) groups excluding carboxylic acids is 1. The molecule has 0 aromatic carbocycles. The van der Waals surface area contributed by atoms with Gasteiger partial charge in [-0.1, -0.05) is 6.07 Å². The van der Waals surface area contributed by atoms with Crippen LogP contribution in [0.2, 0.25) is 0 Å². The molecule has 1 saturated heterocycles. The summed E-state index contributed by atoms with van der Waals surface area (Å²) in [5.41, 5.74) is 0. The summed E-state index contributed by atoms with van der Waals surface area (Å²) in [6.07, 6.45) is 0.321. The van der Waals surface area contributed by atoms with Crippen LogP contribution in [0.3, 0.4) is 0 Å². The quantitative estimate of drug-likeness (QED) is 0.814. The van der Waals surface area contributed by atoms with Crippen molar-refractivity contribution in [2.24, 2.45) is 5.92 Å². The zero-order chi connectivity index (χ0) is 15.5. The Hall–Kier alpha value is -0.960. The van der Waals surface area contributed by atoms with Gasteiger partial charge in [-0.25, -0.2) is 12.7 Å². The Balaban J connectivity index is 1.91. The van der Waals surface area contributed by atoms with Crippen LogP contribution in [0.1, 0.15) is 4.88 Å². The highest BCUT2D eigenvalue weighted by Crippen LogP contribution is 2.18. The smallest absolute Gasteiger partial charge is 0.225 e. The molecule has 2 atom stereocenters. The van der Waals surface area contributed by atoms with Crippen molar-refractivity contribution in [3.8, 4) is 0 Å². The first kappa shape index (κ1) is 16.4. The number of amides is 1. The summed E-state index contributed by atoms with van der Waals surface area (Å²) in [5.74, 6) is -0.311. The van der Waals surface area contributed by atoms with E-state index in [0.717, 1.165) is 4.88 Å². The largest absolute Gasteiger partial charge is 0.379 e. The van der Waals surface area contributed by atoms with E-state index in [-0.39, 0.29) is 23.6 Å². The van der Waals surface area contributed by atoms with Gasteiger partial charge in [-0.3, -0.25) is 4.79 Å². The minimum absolute atomic E-state index is 0.00997. The van der Waals surface area contributed by atoms with Gasteiger partial charge in [0.1, 0.15) is 0 Å². The van der Waals surface area contributed by atoms with Gasteiger partial charge < -0.3 is 10.1 Å². The van der Waals surface area contributed by atoms with Crippen molar-refractivity contribution >= 4 is 27.3 Å². The van der Waals surface area contributed by atoms with Crippen LogP contribution < -0.4 is 5.32 Å². The summed E-state index contributed by atoms with van der Waals surface area (Å²) in [5, 5.41) is 4.81. The summed E-state index contributed by atoms with van der Waals surface area (Å²) in [6.45, 7) is 0.723. The van der Waals surface area contributed by atoms with Crippen molar-refractivity contribution in [1.82, 2.24) is 9.62 Å². The SMILES string of the molecule is CN(C)S(=O)(=O)C[C@@H]1COC[C@H]1NC(=O)Cc1cccs1. The molecule has 0 unspecified atom stereocenters. The third-order valence-electron chi connectivity index (χ3n) is 3.44. The van der Waals surface area contributed by atoms with E-state index in [4.69, 9.17) is 4.74 Å². The molecule has 1 N–H and O–H groups in total. The van der Waals surface area contributed by atoms with Gasteiger partial charge >= 0.3 is 0 Å². The molecule has 0 aliphatic carbocycles. The van der Waals surface area contributed by atoms with Crippen LogP contribution in [0.5, 0.6) is 0 Å². The molecule has 1 amide bonds. The van der Waals surface area contributed by atoms with Crippen LogP contribution >= 0.6 is 11.3 Å². The van der Waals surface area contributed by atoms with Crippen molar-refractivity contribution in [3.63, 3.8) is 0 Å². The lowest BCUT2D eigenvalue weighted by Crippen LogP contribution is -2.44. The fourth-order valence-corrected chi connectivity index (χ4v) is 4.04. The molecule has 21 heavy (non-hydrogen) atoms. The Labute approximate surface area is 129 Å². The van der Waals surface area contributed by atoms with E-state index in [2.05, 4.69) is 5.32 Å². The fourth-order valence-electron chi connectivity index (χ4n) is 2.17. The van der Waals surface area contributed by atoms with E-state index in [1.807, 2.05) is 17.5 Å². The third-order valence-corrected chi connectivity index (χ3v) is 6.28. The van der Waals surface area contributed by atoms with E-state index in [0.29, 0.717) is 19.6 Å². The van der Waals surface area contributed by atoms with Gasteiger partial charge in [0.15, 0.2) is 0 Å². The molecule has 2 rings (SSSR count). The molecule has 0 saturated carbocycles. The van der Waals surface area contributed by atoms with E-state index < -0.39 is 10.0 Å². The standard InChI is InChI=1S/C13H20N2O4S2/c1-15(2)21(17,18)9-10-7-19-8-12(10)14-13(16)6-11-4-3-5-20-11/h3-5,10,12H,6-9H2,1-2H3,(H,14,16)/t10-,12+/m0/s1. The van der Waals surface area contributed by atoms with Gasteiger partial charge in [0.25, 0.3) is 0 Å². The normalized spacial score (nSPS) is 22.6. The van der Waals surface area contributed by atoms with Crippen molar-refractivity contribution in [2.75, 3.05) is 33.1 Å². The second kappa shape index (κ2) is 6.87. The molecular formula is C13H20N2O4S2. The van der Waals surface area contributed by atoms with E-state index in [9.17, 15) is 13.2 Å². The Morgan fingerprint density at radius 2 is 2.24 bits per heavy atom. The Morgan fingerprint density at radius 3 is 2.86 bits per heavy atom. The second-order valence-corrected chi connectivity index (χ2v) is 8.55. The summed E-state index contributed by atoms with van der Waals surface area (Å²) in [4.78, 5) is 13.0. The van der Waals surface area contributed by atoms with Crippen LogP contribution in [-0.4, -0.2) is 57.7 Å². The van der Waals surface area contributed by atoms with E-state index in [1.54, 1.807) is 0 Å². The van der Waals surface area contributed by atoms with Gasteiger partial charge in [-0.2, -0.15) is 0 Å². The molecule has 1 fully saturated rings. The lowest BCUT2D eigenvalue weighted by molar-refractivity contribution is -0.121. The number of carbonyl (C=O) groups is 1. The molecule has 1 aromatic rings. The molecule has 6 nitrogen and oxygen atoms in total. The zero-order valence-corrected chi connectivity index (χ0v) is 13.7. The lowest BCUT2D eigenvalue weighted by atomic mass is 10.1. The minimum atomic E-state index is -3.30. The van der Waals surface area contributed by atoms with Crippen LogP contribution in [0.15, 0.2) is 17.5 Å². The molecule has 118 valence electrons. The molecule has 2 heterocycles. The number of sulfonamides is 1. The maximum absolute atomic E-state index is 12.0. The highest BCUT2D eigenvalue weighted by molar-refractivity contribution is 7.89. The summed E-state index contributed by atoms with van der Waals surface area (Å²) in [7, 11) is -0.277. The molecule has 0 bridgehead atoms. The van der Waals surface area contributed by atoms with Gasteiger partial charge in [-0.05, 0) is 11.4 Å². The van der Waals surface area contributed by atoms with Crippen molar-refractivity contribution in [2.45, 2.75) is 12.5 Å². The third kappa shape index (κ3) is 4.50. The van der Waals surface area contributed by atoms with Crippen molar-refractivity contribution in [3.05, 3.63) is 22.4 Å². The summed E-state index contributed by atoms with van der Waals surface area (Å²) >= 11 is 1.53. The molecule has 1 aromatic heterocycles. The second-order valence-electron chi connectivity index (χ2n) is 5.29. The van der Waals surface area contributed by atoms with Gasteiger partial charge in [0, 0.05) is 24.9 Å². The predicted molar refractivity (Wildman–Crippen MR) is 81.7 cm³/mol. The lowest BCUT2D eigenvalue weighted by Gasteiger charge is -2.20. The monoisotopic (exact) mass is 332 g/mol. The van der Waals surface area contributed by atoms with Gasteiger partial charge in [0.2, 0.25) is 15.9 Å². The van der Waals surface area contributed by atoms with Crippen LogP contribution in [0.25, 0.3) is 0 Å². The maximum Gasteiger partial charge on any atom is 0.225 e. The molecule has 1 aliphatic heterocycles. The molecule has 8 heteroatoms. The first-order valence-corrected chi connectivity index (χ1v) is 9.17. The maximum atomic E-state index is 12.0. The Bertz CT molecular complexity index is 569. The van der Waals surface area contributed by atoms with Gasteiger partial charge in [0.05, 0.1) is 31.4 Å². The topological polar surface area (TPSA) is 75.7 Å². The van der Waals surface area contributed by atoms with E-state index >= 15 is 0 Å². The number of nitrogens with zero attached hydrogens (tertiary/aromatic N) is 1. The average molecular weight is 332 g/mol. The average Bonchev–Trinajstić information content (AvgIpc) is 3.02.